The van der Waals surface area contributed by atoms with Crippen LogP contribution in [0.5, 0.6) is 0 Å². The Morgan fingerprint density at radius 1 is 1.38 bits per heavy atom. The van der Waals surface area contributed by atoms with Crippen molar-refractivity contribution in [1.29, 1.82) is 0 Å². The second kappa shape index (κ2) is 4.70. The van der Waals surface area contributed by atoms with Crippen LogP contribution >= 0.6 is 0 Å². The van der Waals surface area contributed by atoms with Gasteiger partial charge in [0.1, 0.15) is 12.1 Å². The van der Waals surface area contributed by atoms with Crippen molar-refractivity contribution in [1.82, 2.24) is 15.1 Å². The van der Waals surface area contributed by atoms with Gasteiger partial charge in [0.2, 0.25) is 0 Å². The molecule has 0 radical (unpaired) electrons. The Morgan fingerprint density at radius 2 is 2.25 bits per heavy atom. The molecule has 0 unspecified atom stereocenters. The lowest BCUT2D eigenvalue weighted by Gasteiger charge is -1.93. The van der Waals surface area contributed by atoms with Crippen LogP contribution < -0.4 is 0 Å². The SMILES string of the molecule is CCc1onc(C)c1/C=C/c1ccncn1. The van der Waals surface area contributed by atoms with Crippen LogP contribution in [0, 0.1) is 6.92 Å². The van der Waals surface area contributed by atoms with Gasteiger partial charge < -0.3 is 4.52 Å². The van der Waals surface area contributed by atoms with Gasteiger partial charge >= 0.3 is 0 Å². The largest absolute Gasteiger partial charge is 0.361 e. The van der Waals surface area contributed by atoms with Gasteiger partial charge in [-0.05, 0) is 25.1 Å². The van der Waals surface area contributed by atoms with Crippen molar-refractivity contribution >= 4 is 12.2 Å². The zero-order valence-electron chi connectivity index (χ0n) is 9.34. The van der Waals surface area contributed by atoms with E-state index in [9.17, 15) is 0 Å². The van der Waals surface area contributed by atoms with Gasteiger partial charge in [0, 0.05) is 18.2 Å². The van der Waals surface area contributed by atoms with Crippen molar-refractivity contribution in [2.75, 3.05) is 0 Å². The van der Waals surface area contributed by atoms with E-state index in [0.717, 1.165) is 29.1 Å². The summed E-state index contributed by atoms with van der Waals surface area (Å²) in [6, 6.07) is 1.85. The summed E-state index contributed by atoms with van der Waals surface area (Å²) in [7, 11) is 0. The molecule has 4 nitrogen and oxygen atoms in total. The predicted molar refractivity (Wildman–Crippen MR) is 61.6 cm³/mol. The van der Waals surface area contributed by atoms with Crippen molar-refractivity contribution in [2.24, 2.45) is 0 Å². The lowest BCUT2D eigenvalue weighted by molar-refractivity contribution is 0.383. The summed E-state index contributed by atoms with van der Waals surface area (Å²) in [5.41, 5.74) is 2.82. The van der Waals surface area contributed by atoms with E-state index in [0.29, 0.717) is 0 Å². The van der Waals surface area contributed by atoms with Crippen molar-refractivity contribution in [3.05, 3.63) is 41.3 Å². The summed E-state index contributed by atoms with van der Waals surface area (Å²) in [5, 5.41) is 3.94. The lowest BCUT2D eigenvalue weighted by Crippen LogP contribution is -1.83. The molecular weight excluding hydrogens is 202 g/mol. The highest BCUT2D eigenvalue weighted by atomic mass is 16.5. The lowest BCUT2D eigenvalue weighted by atomic mass is 10.1. The fraction of sp³-hybridized carbons (Fsp3) is 0.250. The fourth-order valence-corrected chi connectivity index (χ4v) is 1.46. The fourth-order valence-electron chi connectivity index (χ4n) is 1.46. The van der Waals surface area contributed by atoms with Crippen LogP contribution in [0.2, 0.25) is 0 Å². The average molecular weight is 215 g/mol. The van der Waals surface area contributed by atoms with Crippen molar-refractivity contribution in [3.8, 4) is 0 Å². The van der Waals surface area contributed by atoms with Gasteiger partial charge in [-0.1, -0.05) is 12.1 Å². The summed E-state index contributed by atoms with van der Waals surface area (Å²) < 4.78 is 5.20. The summed E-state index contributed by atoms with van der Waals surface area (Å²) >= 11 is 0. The minimum absolute atomic E-state index is 0.838. The Morgan fingerprint density at radius 3 is 2.94 bits per heavy atom. The van der Waals surface area contributed by atoms with Crippen molar-refractivity contribution in [3.63, 3.8) is 0 Å². The molecule has 2 aromatic heterocycles. The van der Waals surface area contributed by atoms with E-state index in [-0.39, 0.29) is 0 Å². The quantitative estimate of drug-likeness (QED) is 0.789. The molecule has 0 atom stereocenters. The van der Waals surface area contributed by atoms with Crippen LogP contribution in [0.4, 0.5) is 0 Å². The number of hydrogen-bond acceptors (Lipinski definition) is 4. The summed E-state index contributed by atoms with van der Waals surface area (Å²) in [4.78, 5) is 7.98. The van der Waals surface area contributed by atoms with Gasteiger partial charge in [-0.25, -0.2) is 9.97 Å². The van der Waals surface area contributed by atoms with Crippen LogP contribution in [0.25, 0.3) is 12.2 Å². The number of hydrogen-bond donors (Lipinski definition) is 0. The zero-order valence-corrected chi connectivity index (χ0v) is 9.34. The molecule has 0 saturated heterocycles. The van der Waals surface area contributed by atoms with Crippen LogP contribution in [-0.2, 0) is 6.42 Å². The van der Waals surface area contributed by atoms with E-state index >= 15 is 0 Å². The summed E-state index contributed by atoms with van der Waals surface area (Å²) in [6.07, 6.45) is 7.99. The molecule has 2 heterocycles. The van der Waals surface area contributed by atoms with Crippen LogP contribution in [0.3, 0.4) is 0 Å². The molecular formula is C12H13N3O. The van der Waals surface area contributed by atoms with Gasteiger partial charge in [-0.2, -0.15) is 0 Å². The average Bonchev–Trinajstić information content (AvgIpc) is 2.69. The predicted octanol–water partition coefficient (Wildman–Crippen LogP) is 2.51. The normalized spacial score (nSPS) is 11.1. The second-order valence-corrected chi connectivity index (χ2v) is 3.43. The van der Waals surface area contributed by atoms with Crippen LogP contribution in [0.1, 0.15) is 29.6 Å². The maximum atomic E-state index is 5.20. The molecule has 0 N–H and O–H groups in total. The van der Waals surface area contributed by atoms with Crippen LogP contribution in [-0.4, -0.2) is 15.1 Å². The Labute approximate surface area is 94.0 Å². The van der Waals surface area contributed by atoms with Crippen molar-refractivity contribution < 1.29 is 4.52 Å². The molecule has 0 spiro atoms. The highest BCUT2D eigenvalue weighted by Gasteiger charge is 2.07. The minimum atomic E-state index is 0.838. The standard InChI is InChI=1S/C12H13N3O/c1-3-12-11(9(2)15-16-12)5-4-10-6-7-13-8-14-10/h4-8H,3H2,1-2H3/b5-4+. The van der Waals surface area contributed by atoms with E-state index in [4.69, 9.17) is 4.52 Å². The highest BCUT2D eigenvalue weighted by molar-refractivity contribution is 5.69. The van der Waals surface area contributed by atoms with E-state index < -0.39 is 0 Å². The van der Waals surface area contributed by atoms with Gasteiger partial charge in [-0.3, -0.25) is 0 Å². The molecule has 0 saturated carbocycles. The smallest absolute Gasteiger partial charge is 0.143 e. The first-order chi connectivity index (χ1) is 7.81. The first-order valence-corrected chi connectivity index (χ1v) is 5.20. The molecule has 2 aromatic rings. The van der Waals surface area contributed by atoms with E-state index in [1.54, 1.807) is 6.20 Å². The van der Waals surface area contributed by atoms with Gasteiger partial charge in [-0.15, -0.1) is 0 Å². The van der Waals surface area contributed by atoms with Crippen LogP contribution in [0.15, 0.2) is 23.1 Å². The first-order valence-electron chi connectivity index (χ1n) is 5.20. The Bertz CT molecular complexity index is 488. The van der Waals surface area contributed by atoms with Gasteiger partial charge in [0.15, 0.2) is 0 Å². The third-order valence-corrected chi connectivity index (χ3v) is 2.33. The minimum Gasteiger partial charge on any atom is -0.361 e. The zero-order chi connectivity index (χ0) is 11.4. The monoisotopic (exact) mass is 215 g/mol. The molecule has 0 aliphatic heterocycles. The number of aryl methyl sites for hydroxylation is 2. The topological polar surface area (TPSA) is 51.8 Å². The van der Waals surface area contributed by atoms with Crippen molar-refractivity contribution in [2.45, 2.75) is 20.3 Å². The number of nitrogens with zero attached hydrogens (tertiary/aromatic N) is 3. The molecule has 0 aliphatic rings. The Hall–Kier alpha value is -1.97. The maximum Gasteiger partial charge on any atom is 0.143 e. The first kappa shape index (κ1) is 10.5. The highest BCUT2D eigenvalue weighted by Crippen LogP contribution is 2.16. The molecule has 16 heavy (non-hydrogen) atoms. The molecule has 0 amide bonds. The molecule has 0 fully saturated rings. The van der Waals surface area contributed by atoms with Gasteiger partial charge in [0.25, 0.3) is 0 Å². The van der Waals surface area contributed by atoms with E-state index in [1.165, 1.54) is 6.33 Å². The molecule has 4 heteroatoms. The maximum absolute atomic E-state index is 5.20. The van der Waals surface area contributed by atoms with Gasteiger partial charge in [0.05, 0.1) is 11.4 Å². The van der Waals surface area contributed by atoms with E-state index in [1.807, 2.05) is 32.1 Å². The molecule has 2 rings (SSSR count). The Kier molecular flexibility index (Phi) is 3.10. The molecule has 0 bridgehead atoms. The summed E-state index contributed by atoms with van der Waals surface area (Å²) in [5.74, 6) is 0.905. The van der Waals surface area contributed by atoms with E-state index in [2.05, 4.69) is 15.1 Å². The second-order valence-electron chi connectivity index (χ2n) is 3.43. The molecule has 0 aliphatic carbocycles. The third-order valence-electron chi connectivity index (χ3n) is 2.33. The number of rotatable bonds is 3. The molecule has 82 valence electrons. The molecule has 0 aromatic carbocycles. The summed E-state index contributed by atoms with van der Waals surface area (Å²) in [6.45, 7) is 3.98. The Balaban J connectivity index is 2.27. The third kappa shape index (κ3) is 2.16. The number of aromatic nitrogens is 3.